The summed E-state index contributed by atoms with van der Waals surface area (Å²) in [4.78, 5) is 33.4. The maximum Gasteiger partial charge on any atom is 0.347 e. The van der Waals surface area contributed by atoms with Crippen LogP contribution in [0.2, 0.25) is 0 Å². The Labute approximate surface area is 202 Å². The van der Waals surface area contributed by atoms with Crippen LogP contribution < -0.4 is 10.1 Å². The average Bonchev–Trinajstić information content (AvgIpc) is 3.40. The molecule has 0 fully saturated rings. The number of carbonyl (C=O) groups excluding carboxylic acids is 2. The molecule has 0 unspecified atom stereocenters. The second-order valence-corrected chi connectivity index (χ2v) is 7.95. The zero-order chi connectivity index (χ0) is 24.8. The van der Waals surface area contributed by atoms with E-state index in [1.54, 1.807) is 42.7 Å². The molecule has 0 bridgehead atoms. The highest BCUT2D eigenvalue weighted by Gasteiger charge is 2.37. The standard InChI is InChI=1S/C26H27N3O6/c1-3-4-11-34-26(32)22-23(31)21(14-17-15-28-24-19(17)6-5-9-27-24)35-25(22)29-20-8-7-18(13-16(20)2)33-12-10-30/h5-9,13-15,29-30H,3-4,10-12H2,1-2H3,(H,27,28)/b21-14-. The van der Waals surface area contributed by atoms with Crippen LogP contribution in [0.25, 0.3) is 17.1 Å². The number of aromatic amines is 1. The predicted molar refractivity (Wildman–Crippen MR) is 130 cm³/mol. The van der Waals surface area contributed by atoms with Crippen LogP contribution in [0, 0.1) is 6.92 Å². The summed E-state index contributed by atoms with van der Waals surface area (Å²) < 4.78 is 16.6. The van der Waals surface area contributed by atoms with Gasteiger partial charge in [-0.1, -0.05) is 13.3 Å². The van der Waals surface area contributed by atoms with Crippen LogP contribution in [-0.4, -0.2) is 46.6 Å². The van der Waals surface area contributed by atoms with Crippen molar-refractivity contribution in [3.63, 3.8) is 0 Å². The summed E-state index contributed by atoms with van der Waals surface area (Å²) in [5, 5.41) is 12.8. The van der Waals surface area contributed by atoms with E-state index in [1.807, 2.05) is 19.9 Å². The molecule has 3 heterocycles. The number of aromatic nitrogens is 2. The van der Waals surface area contributed by atoms with E-state index in [9.17, 15) is 9.59 Å². The van der Waals surface area contributed by atoms with Crippen molar-refractivity contribution in [1.29, 1.82) is 0 Å². The Balaban J connectivity index is 1.64. The minimum Gasteiger partial charge on any atom is -0.491 e. The molecule has 0 aliphatic carbocycles. The van der Waals surface area contributed by atoms with E-state index in [1.165, 1.54) is 0 Å². The number of aryl methyl sites for hydroxylation is 1. The van der Waals surface area contributed by atoms with Gasteiger partial charge in [0, 0.05) is 29.0 Å². The third-order valence-electron chi connectivity index (χ3n) is 5.40. The number of nitrogens with one attached hydrogen (secondary N) is 2. The number of benzene rings is 1. The van der Waals surface area contributed by atoms with Crippen molar-refractivity contribution in [1.82, 2.24) is 9.97 Å². The number of Topliss-reactive ketones (excluding diaryl/α,β-unsaturated/α-hetero) is 1. The van der Waals surface area contributed by atoms with E-state index in [4.69, 9.17) is 19.3 Å². The van der Waals surface area contributed by atoms with E-state index in [-0.39, 0.29) is 37.0 Å². The monoisotopic (exact) mass is 477 g/mol. The van der Waals surface area contributed by atoms with Gasteiger partial charge in [-0.15, -0.1) is 0 Å². The van der Waals surface area contributed by atoms with Crippen LogP contribution in [0.3, 0.4) is 0 Å². The van der Waals surface area contributed by atoms with Gasteiger partial charge in [-0.2, -0.15) is 0 Å². The lowest BCUT2D eigenvalue weighted by Crippen LogP contribution is -2.17. The summed E-state index contributed by atoms with van der Waals surface area (Å²) in [5.74, 6) is -0.705. The van der Waals surface area contributed by atoms with Gasteiger partial charge in [0.2, 0.25) is 11.7 Å². The number of aliphatic hydroxyl groups excluding tert-OH is 1. The lowest BCUT2D eigenvalue weighted by molar-refractivity contribution is -0.140. The highest BCUT2D eigenvalue weighted by molar-refractivity contribution is 6.26. The zero-order valence-electron chi connectivity index (χ0n) is 19.6. The van der Waals surface area contributed by atoms with E-state index in [0.29, 0.717) is 29.1 Å². The van der Waals surface area contributed by atoms with E-state index < -0.39 is 11.8 Å². The number of allylic oxidation sites excluding steroid dienone is 1. The molecule has 0 radical (unpaired) electrons. The van der Waals surface area contributed by atoms with Crippen LogP contribution in [0.4, 0.5) is 5.69 Å². The zero-order valence-corrected chi connectivity index (χ0v) is 19.6. The third kappa shape index (κ3) is 5.36. The molecule has 3 N–H and O–H groups in total. The Bertz CT molecular complexity index is 1310. The molecule has 182 valence electrons. The quantitative estimate of drug-likeness (QED) is 0.174. The van der Waals surface area contributed by atoms with Gasteiger partial charge in [0.25, 0.3) is 0 Å². The maximum absolute atomic E-state index is 13.2. The average molecular weight is 478 g/mol. The summed E-state index contributed by atoms with van der Waals surface area (Å²) in [6, 6.07) is 8.92. The first-order valence-corrected chi connectivity index (χ1v) is 11.4. The molecule has 2 aromatic heterocycles. The first-order chi connectivity index (χ1) is 17.0. The minimum atomic E-state index is -0.740. The molecule has 0 spiro atoms. The lowest BCUT2D eigenvalue weighted by Gasteiger charge is -2.13. The van der Waals surface area contributed by atoms with E-state index in [0.717, 1.165) is 17.4 Å². The molecule has 35 heavy (non-hydrogen) atoms. The molecule has 1 aliphatic rings. The summed E-state index contributed by atoms with van der Waals surface area (Å²) in [7, 11) is 0. The normalized spacial score (nSPS) is 14.5. The fourth-order valence-corrected chi connectivity index (χ4v) is 3.57. The number of hydrogen-bond acceptors (Lipinski definition) is 8. The Kier molecular flexibility index (Phi) is 7.47. The van der Waals surface area contributed by atoms with Crippen molar-refractivity contribution in [2.24, 2.45) is 0 Å². The highest BCUT2D eigenvalue weighted by atomic mass is 16.5. The molecule has 1 aliphatic heterocycles. The van der Waals surface area contributed by atoms with Crippen LogP contribution in [0.15, 0.2) is 59.9 Å². The molecule has 0 saturated heterocycles. The van der Waals surface area contributed by atoms with Crippen molar-refractivity contribution < 1.29 is 28.9 Å². The molecule has 0 saturated carbocycles. The molecule has 0 atom stereocenters. The van der Waals surface area contributed by atoms with Crippen molar-refractivity contribution in [3.8, 4) is 5.75 Å². The number of esters is 1. The predicted octanol–water partition coefficient (Wildman–Crippen LogP) is 3.85. The SMILES string of the molecule is CCCCOC(=O)C1=C(Nc2ccc(OCCO)cc2C)O/C(=C\c2c[nH]c3ncccc23)C1=O. The number of carbonyl (C=O) groups is 2. The molecule has 9 nitrogen and oxygen atoms in total. The molecule has 1 aromatic carbocycles. The number of rotatable bonds is 10. The van der Waals surface area contributed by atoms with Gasteiger partial charge in [0.1, 0.15) is 18.0 Å². The van der Waals surface area contributed by atoms with Crippen LogP contribution in [0.5, 0.6) is 5.75 Å². The van der Waals surface area contributed by atoms with Crippen LogP contribution >= 0.6 is 0 Å². The number of ketones is 1. The summed E-state index contributed by atoms with van der Waals surface area (Å²) >= 11 is 0. The van der Waals surface area contributed by atoms with Gasteiger partial charge < -0.3 is 29.6 Å². The number of pyridine rings is 1. The van der Waals surface area contributed by atoms with E-state index in [2.05, 4.69) is 15.3 Å². The molecule has 9 heteroatoms. The van der Waals surface area contributed by atoms with Crippen LogP contribution in [0.1, 0.15) is 30.9 Å². The van der Waals surface area contributed by atoms with E-state index >= 15 is 0 Å². The Morgan fingerprint density at radius 1 is 1.29 bits per heavy atom. The summed E-state index contributed by atoms with van der Waals surface area (Å²) in [6.07, 6.45) is 6.52. The first kappa shape index (κ1) is 24.0. The number of ether oxygens (including phenoxy) is 3. The van der Waals surface area contributed by atoms with Gasteiger partial charge >= 0.3 is 5.97 Å². The van der Waals surface area contributed by atoms with Crippen molar-refractivity contribution in [2.75, 3.05) is 25.1 Å². The van der Waals surface area contributed by atoms with Gasteiger partial charge in [-0.25, -0.2) is 9.78 Å². The topological polar surface area (TPSA) is 123 Å². The smallest absolute Gasteiger partial charge is 0.347 e. The van der Waals surface area contributed by atoms with Gasteiger partial charge in [0.15, 0.2) is 11.3 Å². The number of H-pyrrole nitrogens is 1. The largest absolute Gasteiger partial charge is 0.491 e. The second-order valence-electron chi connectivity index (χ2n) is 7.95. The number of nitrogens with zero attached hydrogens (tertiary/aromatic N) is 1. The number of anilines is 1. The molecule has 4 rings (SSSR count). The molecule has 0 amide bonds. The molecular formula is C26H27N3O6. The van der Waals surface area contributed by atoms with Gasteiger partial charge in [-0.3, -0.25) is 4.79 Å². The number of hydrogen-bond donors (Lipinski definition) is 3. The van der Waals surface area contributed by atoms with Crippen molar-refractivity contribution in [3.05, 3.63) is 71.1 Å². The van der Waals surface area contributed by atoms with Crippen molar-refractivity contribution in [2.45, 2.75) is 26.7 Å². The Hall–Kier alpha value is -4.11. The van der Waals surface area contributed by atoms with Gasteiger partial charge in [-0.05, 0) is 55.3 Å². The first-order valence-electron chi connectivity index (χ1n) is 11.4. The maximum atomic E-state index is 13.2. The Morgan fingerprint density at radius 2 is 2.14 bits per heavy atom. The van der Waals surface area contributed by atoms with Crippen molar-refractivity contribution >= 4 is 34.5 Å². The highest BCUT2D eigenvalue weighted by Crippen LogP contribution is 2.32. The van der Waals surface area contributed by atoms with Crippen LogP contribution in [-0.2, 0) is 19.1 Å². The fourth-order valence-electron chi connectivity index (χ4n) is 3.57. The van der Waals surface area contributed by atoms with Gasteiger partial charge in [0.05, 0.1) is 13.2 Å². The molecular weight excluding hydrogens is 450 g/mol. The molecule has 3 aromatic rings. The number of unbranched alkanes of at least 4 members (excludes halogenated alkanes) is 1. The number of fused-ring (bicyclic) bond motifs is 1. The number of aliphatic hydroxyl groups is 1. The lowest BCUT2D eigenvalue weighted by atomic mass is 10.1. The third-order valence-corrected chi connectivity index (χ3v) is 5.40. The Morgan fingerprint density at radius 3 is 2.91 bits per heavy atom. The second kappa shape index (κ2) is 10.9. The summed E-state index contributed by atoms with van der Waals surface area (Å²) in [5.41, 5.74) is 2.61. The minimum absolute atomic E-state index is 0.000229. The summed E-state index contributed by atoms with van der Waals surface area (Å²) in [6.45, 7) is 4.13. The fraction of sp³-hybridized carbons (Fsp3) is 0.269.